The number of benzene rings is 8. The van der Waals surface area contributed by atoms with Crippen molar-refractivity contribution in [2.75, 3.05) is 0 Å². The van der Waals surface area contributed by atoms with E-state index >= 15 is 0 Å². The fourth-order valence-corrected chi connectivity index (χ4v) is 7.68. The smallest absolute Gasteiger partial charge is 0.240 e. The van der Waals surface area contributed by atoms with Gasteiger partial charge in [0.05, 0.1) is 11.0 Å². The van der Waals surface area contributed by atoms with Crippen LogP contribution in [0.4, 0.5) is 0 Å². The SMILES string of the molecule is c1ccc(-c2nc(-c3ccccc3)nc(-n3c(-c4ccc(C(c5ccccc5)c5ccccc5)cc4)nc4c5ccccc5c5ccccc5c43)n2)cc1. The molecule has 0 amide bonds. The van der Waals surface area contributed by atoms with Gasteiger partial charge in [-0.15, -0.1) is 0 Å². The van der Waals surface area contributed by atoms with E-state index in [0.29, 0.717) is 17.6 Å². The zero-order valence-electron chi connectivity index (χ0n) is 29.3. The van der Waals surface area contributed by atoms with Gasteiger partial charge in [-0.05, 0) is 27.5 Å². The lowest BCUT2D eigenvalue weighted by Gasteiger charge is -2.19. The average molecular weight is 692 g/mol. The molecule has 54 heavy (non-hydrogen) atoms. The Hall–Kier alpha value is -7.24. The van der Waals surface area contributed by atoms with Crippen LogP contribution in [0.2, 0.25) is 0 Å². The van der Waals surface area contributed by atoms with E-state index in [1.54, 1.807) is 0 Å². The molecule has 0 N–H and O–H groups in total. The van der Waals surface area contributed by atoms with Crippen molar-refractivity contribution in [1.82, 2.24) is 24.5 Å². The van der Waals surface area contributed by atoms with E-state index in [1.165, 1.54) is 16.7 Å². The van der Waals surface area contributed by atoms with E-state index in [1.807, 2.05) is 60.7 Å². The molecule has 0 aliphatic carbocycles. The number of rotatable bonds is 7. The summed E-state index contributed by atoms with van der Waals surface area (Å²) >= 11 is 0. The van der Waals surface area contributed by atoms with Crippen molar-refractivity contribution in [2.24, 2.45) is 0 Å². The maximum atomic E-state index is 5.50. The lowest BCUT2D eigenvalue weighted by molar-refractivity contribution is 0.930. The van der Waals surface area contributed by atoms with Gasteiger partial charge in [0.2, 0.25) is 5.95 Å². The van der Waals surface area contributed by atoms with Gasteiger partial charge in [-0.2, -0.15) is 9.97 Å². The Kier molecular flexibility index (Phi) is 7.81. The lowest BCUT2D eigenvalue weighted by Crippen LogP contribution is -2.08. The second kappa shape index (κ2) is 13.4. The molecule has 10 aromatic rings. The van der Waals surface area contributed by atoms with Gasteiger partial charge in [0.25, 0.3) is 0 Å². The Balaban J connectivity index is 1.25. The molecule has 0 bridgehead atoms. The highest BCUT2D eigenvalue weighted by Gasteiger charge is 2.24. The quantitative estimate of drug-likeness (QED) is 0.123. The zero-order chi connectivity index (χ0) is 35.8. The molecule has 0 unspecified atom stereocenters. The van der Waals surface area contributed by atoms with Crippen LogP contribution in [0.5, 0.6) is 0 Å². The van der Waals surface area contributed by atoms with Gasteiger partial charge in [-0.1, -0.05) is 194 Å². The summed E-state index contributed by atoms with van der Waals surface area (Å²) in [6.07, 6.45) is 0. The van der Waals surface area contributed by atoms with Crippen LogP contribution in [0.25, 0.3) is 72.7 Å². The molecule has 5 heteroatoms. The summed E-state index contributed by atoms with van der Waals surface area (Å²) in [6.45, 7) is 0. The third-order valence-corrected chi connectivity index (χ3v) is 10.2. The van der Waals surface area contributed by atoms with E-state index in [4.69, 9.17) is 19.9 Å². The molecule has 0 aliphatic rings. The lowest BCUT2D eigenvalue weighted by atomic mass is 9.85. The molecule has 2 aromatic heterocycles. The summed E-state index contributed by atoms with van der Waals surface area (Å²) in [4.78, 5) is 20.9. The van der Waals surface area contributed by atoms with E-state index in [-0.39, 0.29) is 5.92 Å². The molecule has 5 nitrogen and oxygen atoms in total. The molecule has 0 saturated heterocycles. The second-order valence-corrected chi connectivity index (χ2v) is 13.5. The van der Waals surface area contributed by atoms with Crippen LogP contribution in [0, 0.1) is 0 Å². The number of hydrogen-bond donors (Lipinski definition) is 0. The van der Waals surface area contributed by atoms with Gasteiger partial charge in [-0.25, -0.2) is 9.97 Å². The van der Waals surface area contributed by atoms with Crippen LogP contribution in [0.15, 0.2) is 194 Å². The van der Waals surface area contributed by atoms with Gasteiger partial charge in [0, 0.05) is 33.4 Å². The Morgan fingerprint density at radius 1 is 0.333 bits per heavy atom. The highest BCUT2D eigenvalue weighted by Crippen LogP contribution is 2.40. The second-order valence-electron chi connectivity index (χ2n) is 13.5. The van der Waals surface area contributed by atoms with E-state index in [9.17, 15) is 0 Å². The predicted octanol–water partition coefficient (Wildman–Crippen LogP) is 11.7. The average Bonchev–Trinajstić information content (AvgIpc) is 3.67. The van der Waals surface area contributed by atoms with Gasteiger partial charge in [0.1, 0.15) is 5.82 Å². The fraction of sp³-hybridized carbons (Fsp3) is 0.0204. The minimum absolute atomic E-state index is 0.0820. The van der Waals surface area contributed by atoms with Gasteiger partial charge in [-0.3, -0.25) is 4.57 Å². The molecule has 0 radical (unpaired) electrons. The van der Waals surface area contributed by atoms with Crippen LogP contribution in [-0.2, 0) is 0 Å². The third-order valence-electron chi connectivity index (χ3n) is 10.2. The maximum absolute atomic E-state index is 5.50. The molecule has 0 saturated carbocycles. The van der Waals surface area contributed by atoms with Crippen LogP contribution < -0.4 is 0 Å². The first-order valence-electron chi connectivity index (χ1n) is 18.2. The van der Waals surface area contributed by atoms with E-state index < -0.39 is 0 Å². The molecule has 0 atom stereocenters. The molecule has 10 rings (SSSR count). The van der Waals surface area contributed by atoms with Crippen molar-refractivity contribution in [3.8, 4) is 40.1 Å². The van der Waals surface area contributed by atoms with Gasteiger partial charge < -0.3 is 0 Å². The molecular formula is C49H33N5. The van der Waals surface area contributed by atoms with Crippen molar-refractivity contribution >= 4 is 32.6 Å². The molecule has 2 heterocycles. The zero-order valence-corrected chi connectivity index (χ0v) is 29.3. The molecule has 0 aliphatic heterocycles. The number of hydrogen-bond acceptors (Lipinski definition) is 4. The molecule has 0 spiro atoms. The first kappa shape index (κ1) is 31.5. The van der Waals surface area contributed by atoms with Crippen molar-refractivity contribution < 1.29 is 0 Å². The van der Waals surface area contributed by atoms with Crippen molar-refractivity contribution in [3.05, 3.63) is 211 Å². The van der Waals surface area contributed by atoms with Crippen LogP contribution >= 0.6 is 0 Å². The monoisotopic (exact) mass is 691 g/mol. The predicted molar refractivity (Wildman–Crippen MR) is 220 cm³/mol. The Morgan fingerprint density at radius 2 is 0.759 bits per heavy atom. The van der Waals surface area contributed by atoms with Gasteiger partial charge in [0.15, 0.2) is 11.6 Å². The first-order chi connectivity index (χ1) is 26.8. The van der Waals surface area contributed by atoms with Crippen LogP contribution in [-0.4, -0.2) is 24.5 Å². The normalized spacial score (nSPS) is 11.5. The molecular weight excluding hydrogens is 659 g/mol. The number of fused-ring (bicyclic) bond motifs is 6. The minimum atomic E-state index is 0.0820. The van der Waals surface area contributed by atoms with Crippen molar-refractivity contribution in [1.29, 1.82) is 0 Å². The van der Waals surface area contributed by atoms with Crippen LogP contribution in [0.1, 0.15) is 22.6 Å². The Labute approximate surface area is 312 Å². The summed E-state index contributed by atoms with van der Waals surface area (Å²) in [5.41, 5.74) is 8.34. The summed E-state index contributed by atoms with van der Waals surface area (Å²) in [5.74, 6) is 2.55. The summed E-state index contributed by atoms with van der Waals surface area (Å²) in [7, 11) is 0. The standard InChI is InChI=1S/C49H33N5/c1-5-17-33(18-6-1)43(34-19-7-2-8-20-34)35-29-31-38(32-30-35)48-50-44-41-27-15-13-25-39(41)40-26-14-16-28-42(40)45(44)54(48)49-52-46(36-21-9-3-10-22-36)51-47(53-49)37-23-11-4-12-24-37/h1-32,43H. The van der Waals surface area contributed by atoms with Gasteiger partial charge >= 0.3 is 0 Å². The summed E-state index contributed by atoms with van der Waals surface area (Å²) in [5, 5.41) is 4.47. The third kappa shape index (κ3) is 5.51. The van der Waals surface area contributed by atoms with Crippen molar-refractivity contribution in [3.63, 3.8) is 0 Å². The fourth-order valence-electron chi connectivity index (χ4n) is 7.68. The molecule has 254 valence electrons. The molecule has 0 fully saturated rings. The minimum Gasteiger partial charge on any atom is -0.259 e. The van der Waals surface area contributed by atoms with Crippen molar-refractivity contribution in [2.45, 2.75) is 5.92 Å². The van der Waals surface area contributed by atoms with Crippen LogP contribution in [0.3, 0.4) is 0 Å². The summed E-state index contributed by atoms with van der Waals surface area (Å²) < 4.78 is 2.14. The maximum Gasteiger partial charge on any atom is 0.240 e. The Morgan fingerprint density at radius 3 is 1.30 bits per heavy atom. The van der Waals surface area contributed by atoms with E-state index in [2.05, 4.69) is 138 Å². The largest absolute Gasteiger partial charge is 0.259 e. The topological polar surface area (TPSA) is 56.5 Å². The number of aromatic nitrogens is 5. The summed E-state index contributed by atoms with van der Waals surface area (Å²) in [6, 6.07) is 67.5. The first-order valence-corrected chi connectivity index (χ1v) is 18.2. The highest BCUT2D eigenvalue weighted by atomic mass is 15.2. The Bertz CT molecular complexity index is 2810. The number of imidazole rings is 1. The number of nitrogens with zero attached hydrogens (tertiary/aromatic N) is 5. The highest BCUT2D eigenvalue weighted by molar-refractivity contribution is 6.24. The van der Waals surface area contributed by atoms with E-state index in [0.717, 1.165) is 55.1 Å². The molecule has 8 aromatic carbocycles.